The van der Waals surface area contributed by atoms with E-state index in [9.17, 15) is 9.59 Å². The van der Waals surface area contributed by atoms with Crippen LogP contribution in [0.4, 0.5) is 4.79 Å². The van der Waals surface area contributed by atoms with Crippen molar-refractivity contribution >= 4 is 12.0 Å². The number of nitrogens with one attached hydrogen (secondary N) is 1. The normalized spacial score (nSPS) is 9.38. The summed E-state index contributed by atoms with van der Waals surface area (Å²) in [5.74, 6) is -1.02. The molecule has 0 aliphatic rings. The number of aliphatic carboxylic acids is 1. The largest absolute Gasteiger partial charge is 0.480 e. The van der Waals surface area contributed by atoms with E-state index in [-0.39, 0.29) is 6.54 Å². The average molecular weight is 189 g/mol. The van der Waals surface area contributed by atoms with Crippen molar-refractivity contribution in [1.82, 2.24) is 10.2 Å². The van der Waals surface area contributed by atoms with Gasteiger partial charge < -0.3 is 21.1 Å². The molecule has 0 rings (SSSR count). The van der Waals surface area contributed by atoms with Gasteiger partial charge in [0.15, 0.2) is 0 Å². The van der Waals surface area contributed by atoms with Crippen LogP contribution in [0.3, 0.4) is 0 Å². The molecule has 0 bridgehead atoms. The van der Waals surface area contributed by atoms with Crippen LogP contribution in [0.2, 0.25) is 0 Å². The van der Waals surface area contributed by atoms with Crippen LogP contribution in [0.1, 0.15) is 6.92 Å². The molecule has 76 valence electrons. The van der Waals surface area contributed by atoms with Crippen LogP contribution in [0.25, 0.3) is 0 Å². The summed E-state index contributed by atoms with van der Waals surface area (Å²) in [4.78, 5) is 22.7. The van der Waals surface area contributed by atoms with Gasteiger partial charge in [0.1, 0.15) is 6.54 Å². The van der Waals surface area contributed by atoms with Crippen LogP contribution in [0.15, 0.2) is 0 Å². The minimum absolute atomic E-state index is 0.285. The first kappa shape index (κ1) is 11.7. The highest BCUT2D eigenvalue weighted by molar-refractivity contribution is 5.79. The van der Waals surface area contributed by atoms with E-state index in [1.54, 1.807) is 6.92 Å². The number of carboxylic acid groups (broad SMARTS) is 1. The minimum atomic E-state index is -1.02. The first-order chi connectivity index (χ1) is 6.11. The molecule has 0 spiro atoms. The van der Waals surface area contributed by atoms with Crippen molar-refractivity contribution in [1.29, 1.82) is 0 Å². The summed E-state index contributed by atoms with van der Waals surface area (Å²) in [6.45, 7) is 2.49. The van der Waals surface area contributed by atoms with Crippen LogP contribution >= 0.6 is 0 Å². The number of carboxylic acids is 1. The molecule has 0 radical (unpaired) electrons. The summed E-state index contributed by atoms with van der Waals surface area (Å²) in [5, 5.41) is 10.9. The predicted molar refractivity (Wildman–Crippen MR) is 47.3 cm³/mol. The molecule has 0 unspecified atom stereocenters. The number of likely N-dealkylation sites (N-methyl/N-ethyl adjacent to an activating group) is 1. The zero-order chi connectivity index (χ0) is 10.3. The molecule has 2 amide bonds. The Hall–Kier alpha value is -1.30. The fourth-order valence-electron chi connectivity index (χ4n) is 0.781. The molecule has 13 heavy (non-hydrogen) atoms. The van der Waals surface area contributed by atoms with Crippen LogP contribution in [-0.4, -0.2) is 48.2 Å². The Morgan fingerprint density at radius 1 is 1.54 bits per heavy atom. The van der Waals surface area contributed by atoms with Crippen LogP contribution < -0.4 is 11.1 Å². The summed E-state index contributed by atoms with van der Waals surface area (Å²) in [6, 6.07) is -0.393. The number of amides is 2. The molecule has 0 saturated carbocycles. The maximum absolute atomic E-state index is 11.2. The first-order valence-electron chi connectivity index (χ1n) is 4.06. The van der Waals surface area contributed by atoms with Gasteiger partial charge in [-0.05, 0) is 6.92 Å². The maximum Gasteiger partial charge on any atom is 0.323 e. The minimum Gasteiger partial charge on any atom is -0.480 e. The van der Waals surface area contributed by atoms with Gasteiger partial charge in [0.2, 0.25) is 0 Å². The summed E-state index contributed by atoms with van der Waals surface area (Å²) in [5.41, 5.74) is 5.17. The average Bonchev–Trinajstić information content (AvgIpc) is 2.09. The summed E-state index contributed by atoms with van der Waals surface area (Å²) in [6.07, 6.45) is 0. The van der Waals surface area contributed by atoms with Crippen molar-refractivity contribution in [3.05, 3.63) is 0 Å². The quantitative estimate of drug-likeness (QED) is 0.520. The summed E-state index contributed by atoms with van der Waals surface area (Å²) >= 11 is 0. The Kier molecular flexibility index (Phi) is 5.62. The van der Waals surface area contributed by atoms with Crippen LogP contribution in [0, 0.1) is 0 Å². The van der Waals surface area contributed by atoms with Gasteiger partial charge in [0, 0.05) is 19.6 Å². The van der Waals surface area contributed by atoms with E-state index in [0.29, 0.717) is 19.6 Å². The Morgan fingerprint density at radius 2 is 2.15 bits per heavy atom. The molecule has 0 aliphatic heterocycles. The smallest absolute Gasteiger partial charge is 0.323 e. The fraction of sp³-hybridized carbons (Fsp3) is 0.714. The van der Waals surface area contributed by atoms with Crippen molar-refractivity contribution < 1.29 is 14.7 Å². The second-order valence-corrected chi connectivity index (χ2v) is 2.43. The molecule has 6 nitrogen and oxygen atoms in total. The lowest BCUT2D eigenvalue weighted by atomic mass is 10.5. The molecule has 0 aromatic carbocycles. The molecule has 0 aliphatic carbocycles. The van der Waals surface area contributed by atoms with E-state index in [0.717, 1.165) is 0 Å². The van der Waals surface area contributed by atoms with Crippen molar-refractivity contribution in [2.45, 2.75) is 6.92 Å². The summed E-state index contributed by atoms with van der Waals surface area (Å²) in [7, 11) is 0. The van der Waals surface area contributed by atoms with Crippen LogP contribution in [-0.2, 0) is 4.79 Å². The molecular formula is C7H15N3O3. The second kappa shape index (κ2) is 6.24. The van der Waals surface area contributed by atoms with Crippen LogP contribution in [0.5, 0.6) is 0 Å². The number of nitrogens with zero attached hydrogens (tertiary/aromatic N) is 1. The Balaban J connectivity index is 3.92. The number of carbonyl (C=O) groups is 2. The molecule has 0 aromatic rings. The van der Waals surface area contributed by atoms with Crippen molar-refractivity contribution in [3.63, 3.8) is 0 Å². The van der Waals surface area contributed by atoms with Crippen molar-refractivity contribution in [2.75, 3.05) is 26.2 Å². The van der Waals surface area contributed by atoms with E-state index in [1.807, 2.05) is 0 Å². The molecule has 0 aromatic heterocycles. The van der Waals surface area contributed by atoms with E-state index >= 15 is 0 Å². The third-order valence-electron chi connectivity index (χ3n) is 1.42. The zero-order valence-electron chi connectivity index (χ0n) is 7.62. The first-order valence-corrected chi connectivity index (χ1v) is 4.06. The van der Waals surface area contributed by atoms with E-state index in [1.165, 1.54) is 4.90 Å². The zero-order valence-corrected chi connectivity index (χ0v) is 7.62. The van der Waals surface area contributed by atoms with Gasteiger partial charge in [0.25, 0.3) is 0 Å². The molecule has 6 heteroatoms. The SMILES string of the molecule is CCN(CC(=O)O)C(=O)NCCN. The van der Waals surface area contributed by atoms with Gasteiger partial charge in [-0.3, -0.25) is 4.79 Å². The number of hydrogen-bond acceptors (Lipinski definition) is 3. The number of rotatable bonds is 5. The highest BCUT2D eigenvalue weighted by Gasteiger charge is 2.13. The topological polar surface area (TPSA) is 95.7 Å². The van der Waals surface area contributed by atoms with E-state index in [4.69, 9.17) is 10.8 Å². The fourth-order valence-corrected chi connectivity index (χ4v) is 0.781. The highest BCUT2D eigenvalue weighted by Crippen LogP contribution is 1.88. The number of hydrogen-bond donors (Lipinski definition) is 3. The monoisotopic (exact) mass is 189 g/mol. The third-order valence-corrected chi connectivity index (χ3v) is 1.42. The second-order valence-electron chi connectivity index (χ2n) is 2.43. The van der Waals surface area contributed by atoms with Gasteiger partial charge in [-0.15, -0.1) is 0 Å². The standard InChI is InChI=1S/C7H15N3O3/c1-2-10(5-6(11)12)7(13)9-4-3-8/h2-5,8H2,1H3,(H,9,13)(H,11,12). The molecule has 0 saturated heterocycles. The van der Waals surface area contributed by atoms with Gasteiger partial charge >= 0.3 is 12.0 Å². The molecular weight excluding hydrogens is 174 g/mol. The molecule has 4 N–H and O–H groups in total. The van der Waals surface area contributed by atoms with E-state index < -0.39 is 12.0 Å². The van der Waals surface area contributed by atoms with Crippen molar-refractivity contribution in [2.24, 2.45) is 5.73 Å². The lowest BCUT2D eigenvalue weighted by molar-refractivity contribution is -0.137. The lowest BCUT2D eigenvalue weighted by Crippen LogP contribution is -2.44. The third kappa shape index (κ3) is 5.02. The van der Waals surface area contributed by atoms with E-state index in [2.05, 4.69) is 5.32 Å². The predicted octanol–water partition coefficient (Wildman–Crippen LogP) is -0.939. The Bertz CT molecular complexity index is 184. The number of nitrogens with two attached hydrogens (primary N) is 1. The van der Waals surface area contributed by atoms with Gasteiger partial charge in [0.05, 0.1) is 0 Å². The van der Waals surface area contributed by atoms with Crippen molar-refractivity contribution in [3.8, 4) is 0 Å². The number of urea groups is 1. The lowest BCUT2D eigenvalue weighted by Gasteiger charge is -2.18. The van der Waals surface area contributed by atoms with Gasteiger partial charge in [-0.25, -0.2) is 4.79 Å². The Morgan fingerprint density at radius 3 is 2.54 bits per heavy atom. The van der Waals surface area contributed by atoms with Gasteiger partial charge in [-0.2, -0.15) is 0 Å². The summed E-state index contributed by atoms with van der Waals surface area (Å²) < 4.78 is 0. The maximum atomic E-state index is 11.2. The van der Waals surface area contributed by atoms with Gasteiger partial charge in [-0.1, -0.05) is 0 Å². The Labute approximate surface area is 76.7 Å². The molecule has 0 fully saturated rings. The number of carbonyl (C=O) groups excluding carboxylic acids is 1. The molecule has 0 heterocycles. The highest BCUT2D eigenvalue weighted by atomic mass is 16.4. The molecule has 0 atom stereocenters.